The van der Waals surface area contributed by atoms with E-state index in [-0.39, 0.29) is 11.6 Å². The molecule has 2 aliphatic heterocycles. The summed E-state index contributed by atoms with van der Waals surface area (Å²) >= 11 is 0. The highest BCUT2D eigenvalue weighted by atomic mass is 16.2. The van der Waals surface area contributed by atoms with Crippen LogP contribution in [-0.2, 0) is 4.79 Å². The molecule has 0 aromatic rings. The molecule has 16 heavy (non-hydrogen) atoms. The Bertz CT molecular complexity index is 260. The molecule has 0 radical (unpaired) electrons. The zero-order chi connectivity index (χ0) is 11.8. The van der Waals surface area contributed by atoms with Crippen molar-refractivity contribution < 1.29 is 4.79 Å². The number of carbonyl (C=O) groups excluding carboxylic acids is 1. The van der Waals surface area contributed by atoms with Crippen LogP contribution >= 0.6 is 0 Å². The minimum absolute atomic E-state index is 0.112. The lowest BCUT2D eigenvalue weighted by atomic mass is 10.0. The third-order valence-corrected chi connectivity index (χ3v) is 3.66. The Morgan fingerprint density at radius 2 is 1.75 bits per heavy atom. The summed E-state index contributed by atoms with van der Waals surface area (Å²) in [6.07, 6.45) is 1.01. The normalized spacial score (nSPS) is 27.7. The number of nitrogens with one attached hydrogen (secondary N) is 1. The molecule has 0 aromatic carbocycles. The first-order valence-corrected chi connectivity index (χ1v) is 6.26. The topological polar surface area (TPSA) is 35.6 Å². The first-order chi connectivity index (χ1) is 7.48. The fourth-order valence-corrected chi connectivity index (χ4v) is 2.32. The monoisotopic (exact) mass is 225 g/mol. The highest BCUT2D eigenvalue weighted by molar-refractivity contribution is 5.82. The predicted octanol–water partition coefficient (Wildman–Crippen LogP) is 0.291. The molecule has 0 bridgehead atoms. The van der Waals surface area contributed by atoms with Gasteiger partial charge in [-0.1, -0.05) is 0 Å². The van der Waals surface area contributed by atoms with Crippen molar-refractivity contribution in [2.24, 2.45) is 0 Å². The zero-order valence-corrected chi connectivity index (χ0v) is 10.6. The first kappa shape index (κ1) is 11.9. The van der Waals surface area contributed by atoms with Crippen LogP contribution in [0.3, 0.4) is 0 Å². The van der Waals surface area contributed by atoms with Crippen LogP contribution < -0.4 is 5.32 Å². The van der Waals surface area contributed by atoms with Gasteiger partial charge in [0.25, 0.3) is 0 Å². The molecule has 0 aliphatic carbocycles. The number of amides is 1. The van der Waals surface area contributed by atoms with Gasteiger partial charge < -0.3 is 10.2 Å². The third-order valence-electron chi connectivity index (χ3n) is 3.66. The highest BCUT2D eigenvalue weighted by Crippen LogP contribution is 2.17. The van der Waals surface area contributed by atoms with Gasteiger partial charge in [0.2, 0.25) is 5.91 Å². The number of piperazine rings is 1. The largest absolute Gasteiger partial charge is 0.339 e. The molecule has 2 rings (SSSR count). The Morgan fingerprint density at radius 3 is 2.12 bits per heavy atom. The van der Waals surface area contributed by atoms with E-state index in [0.29, 0.717) is 5.91 Å². The molecular formula is C12H23N3O. The molecule has 2 aliphatic rings. The van der Waals surface area contributed by atoms with Crippen LogP contribution in [0.2, 0.25) is 0 Å². The van der Waals surface area contributed by atoms with Gasteiger partial charge in [0.1, 0.15) is 0 Å². The van der Waals surface area contributed by atoms with Crippen LogP contribution in [0.15, 0.2) is 0 Å². The molecule has 2 fully saturated rings. The van der Waals surface area contributed by atoms with Gasteiger partial charge in [0, 0.05) is 31.7 Å². The van der Waals surface area contributed by atoms with E-state index in [0.717, 1.165) is 39.1 Å². The van der Waals surface area contributed by atoms with E-state index < -0.39 is 0 Å². The van der Waals surface area contributed by atoms with E-state index in [1.807, 2.05) is 4.90 Å². The Kier molecular flexibility index (Phi) is 3.22. The average Bonchev–Trinajstić information content (AvgIpc) is 2.14. The van der Waals surface area contributed by atoms with E-state index in [1.165, 1.54) is 0 Å². The summed E-state index contributed by atoms with van der Waals surface area (Å²) in [5.74, 6) is 0.305. The fourth-order valence-electron chi connectivity index (χ4n) is 2.32. The second-order valence-corrected chi connectivity index (χ2v) is 5.78. The van der Waals surface area contributed by atoms with Crippen LogP contribution in [0.5, 0.6) is 0 Å². The lowest BCUT2D eigenvalue weighted by Crippen LogP contribution is -2.60. The smallest absolute Gasteiger partial charge is 0.239 e. The van der Waals surface area contributed by atoms with Gasteiger partial charge >= 0.3 is 0 Å². The predicted molar refractivity (Wildman–Crippen MR) is 64.3 cm³/mol. The standard InChI is InChI=1S/C12H23N3O/c1-12(2,3)15-8-6-14(7-9-15)11(16)10-4-5-13-10/h10,13H,4-9H2,1-3H3/t10-/m0/s1. The molecule has 0 unspecified atom stereocenters. The van der Waals surface area contributed by atoms with E-state index in [4.69, 9.17) is 0 Å². The molecule has 92 valence electrons. The summed E-state index contributed by atoms with van der Waals surface area (Å²) in [7, 11) is 0. The van der Waals surface area contributed by atoms with Gasteiger partial charge in [-0.3, -0.25) is 9.69 Å². The molecule has 2 saturated heterocycles. The van der Waals surface area contributed by atoms with Crippen molar-refractivity contribution in [1.82, 2.24) is 15.1 Å². The molecule has 4 heteroatoms. The molecule has 4 nitrogen and oxygen atoms in total. The van der Waals surface area contributed by atoms with Gasteiger partial charge in [-0.05, 0) is 33.7 Å². The molecule has 2 heterocycles. The summed E-state index contributed by atoms with van der Waals surface area (Å²) in [4.78, 5) is 16.4. The van der Waals surface area contributed by atoms with E-state index in [1.54, 1.807) is 0 Å². The number of hydrogen-bond acceptors (Lipinski definition) is 3. The van der Waals surface area contributed by atoms with Gasteiger partial charge in [-0.15, -0.1) is 0 Å². The summed E-state index contributed by atoms with van der Waals surface area (Å²) in [5.41, 5.74) is 0.226. The van der Waals surface area contributed by atoms with Crippen LogP contribution in [0, 0.1) is 0 Å². The summed E-state index contributed by atoms with van der Waals surface area (Å²) < 4.78 is 0. The Balaban J connectivity index is 1.82. The Morgan fingerprint density at radius 1 is 1.19 bits per heavy atom. The van der Waals surface area contributed by atoms with Crippen molar-refractivity contribution in [2.45, 2.75) is 38.8 Å². The van der Waals surface area contributed by atoms with E-state index in [2.05, 4.69) is 31.0 Å². The van der Waals surface area contributed by atoms with Gasteiger partial charge in [-0.25, -0.2) is 0 Å². The second-order valence-electron chi connectivity index (χ2n) is 5.78. The fraction of sp³-hybridized carbons (Fsp3) is 0.917. The van der Waals surface area contributed by atoms with Crippen molar-refractivity contribution in [1.29, 1.82) is 0 Å². The summed E-state index contributed by atoms with van der Waals surface area (Å²) in [6, 6.07) is 0.112. The molecular weight excluding hydrogens is 202 g/mol. The lowest BCUT2D eigenvalue weighted by Gasteiger charge is -2.43. The maximum Gasteiger partial charge on any atom is 0.239 e. The number of carbonyl (C=O) groups is 1. The number of nitrogens with zero attached hydrogens (tertiary/aromatic N) is 2. The molecule has 0 spiro atoms. The molecule has 0 aromatic heterocycles. The van der Waals surface area contributed by atoms with Crippen molar-refractivity contribution in [3.05, 3.63) is 0 Å². The van der Waals surface area contributed by atoms with Crippen molar-refractivity contribution in [3.63, 3.8) is 0 Å². The quantitative estimate of drug-likeness (QED) is 0.697. The van der Waals surface area contributed by atoms with Crippen LogP contribution in [0.25, 0.3) is 0 Å². The van der Waals surface area contributed by atoms with Gasteiger partial charge in [-0.2, -0.15) is 0 Å². The Hall–Kier alpha value is -0.610. The average molecular weight is 225 g/mol. The molecule has 0 saturated carbocycles. The lowest BCUT2D eigenvalue weighted by molar-refractivity contribution is -0.137. The Labute approximate surface area is 98.0 Å². The minimum atomic E-state index is 0.112. The maximum absolute atomic E-state index is 12.0. The first-order valence-electron chi connectivity index (χ1n) is 6.26. The van der Waals surface area contributed by atoms with Crippen molar-refractivity contribution in [2.75, 3.05) is 32.7 Å². The van der Waals surface area contributed by atoms with Crippen LogP contribution in [-0.4, -0.2) is 60.0 Å². The van der Waals surface area contributed by atoms with E-state index in [9.17, 15) is 4.79 Å². The summed E-state index contributed by atoms with van der Waals surface area (Å²) in [6.45, 7) is 11.5. The SMILES string of the molecule is CC(C)(C)N1CCN(C(=O)[C@@H]2CCN2)CC1. The van der Waals surface area contributed by atoms with E-state index >= 15 is 0 Å². The zero-order valence-electron chi connectivity index (χ0n) is 10.6. The molecule has 1 amide bonds. The molecule has 1 N–H and O–H groups in total. The molecule has 1 atom stereocenters. The van der Waals surface area contributed by atoms with Crippen molar-refractivity contribution in [3.8, 4) is 0 Å². The van der Waals surface area contributed by atoms with Crippen molar-refractivity contribution >= 4 is 5.91 Å². The summed E-state index contributed by atoms with van der Waals surface area (Å²) in [5, 5.41) is 3.18. The van der Waals surface area contributed by atoms with Gasteiger partial charge in [0.05, 0.1) is 6.04 Å². The highest BCUT2D eigenvalue weighted by Gasteiger charge is 2.32. The third kappa shape index (κ3) is 2.38. The number of hydrogen-bond donors (Lipinski definition) is 1. The van der Waals surface area contributed by atoms with Crippen LogP contribution in [0.1, 0.15) is 27.2 Å². The minimum Gasteiger partial charge on any atom is -0.339 e. The van der Waals surface area contributed by atoms with Gasteiger partial charge in [0.15, 0.2) is 0 Å². The second kappa shape index (κ2) is 4.34. The van der Waals surface area contributed by atoms with Crippen LogP contribution in [0.4, 0.5) is 0 Å². The maximum atomic E-state index is 12.0. The number of rotatable bonds is 1.